The maximum atomic E-state index is 12.4. The lowest BCUT2D eigenvalue weighted by molar-refractivity contribution is 0.0426. The molecule has 29 heavy (non-hydrogen) atoms. The third kappa shape index (κ3) is 4.35. The zero-order chi connectivity index (χ0) is 21.0. The number of nitrogens with zero attached hydrogens (tertiary/aromatic N) is 2. The molecule has 0 saturated carbocycles. The SMILES string of the molecule is COc1ccc(-c2noc(COC(=O)c3cc(Cl)c(N)cc3OC)n2)c(OC)c1. The van der Waals surface area contributed by atoms with E-state index in [9.17, 15) is 4.79 Å². The predicted molar refractivity (Wildman–Crippen MR) is 104 cm³/mol. The van der Waals surface area contributed by atoms with E-state index in [0.29, 0.717) is 17.1 Å². The Morgan fingerprint density at radius 3 is 2.55 bits per heavy atom. The average molecular weight is 420 g/mol. The fraction of sp³-hybridized carbons (Fsp3) is 0.211. The molecule has 0 aliphatic rings. The zero-order valence-electron chi connectivity index (χ0n) is 15.9. The smallest absolute Gasteiger partial charge is 0.342 e. The van der Waals surface area contributed by atoms with Gasteiger partial charge in [-0.1, -0.05) is 16.8 Å². The van der Waals surface area contributed by atoms with Crippen LogP contribution >= 0.6 is 11.6 Å². The van der Waals surface area contributed by atoms with Crippen molar-refractivity contribution >= 4 is 23.3 Å². The van der Waals surface area contributed by atoms with Crippen LogP contribution in [-0.2, 0) is 11.3 Å². The maximum Gasteiger partial charge on any atom is 0.342 e. The summed E-state index contributed by atoms with van der Waals surface area (Å²) in [5.41, 5.74) is 6.73. The Bertz CT molecular complexity index is 1040. The Labute approximate surface area is 171 Å². The van der Waals surface area contributed by atoms with E-state index in [2.05, 4.69) is 10.1 Å². The molecular weight excluding hydrogens is 402 g/mol. The third-order valence-electron chi connectivity index (χ3n) is 3.98. The van der Waals surface area contributed by atoms with E-state index in [1.807, 2.05) is 0 Å². The molecule has 0 fully saturated rings. The van der Waals surface area contributed by atoms with Crippen LogP contribution in [0.4, 0.5) is 5.69 Å². The molecule has 3 aromatic rings. The van der Waals surface area contributed by atoms with E-state index >= 15 is 0 Å². The molecule has 0 unspecified atom stereocenters. The summed E-state index contributed by atoms with van der Waals surface area (Å²) in [6.07, 6.45) is 0. The van der Waals surface area contributed by atoms with Crippen molar-refractivity contribution in [1.29, 1.82) is 0 Å². The van der Waals surface area contributed by atoms with Crippen molar-refractivity contribution < 1.29 is 28.3 Å². The lowest BCUT2D eigenvalue weighted by Crippen LogP contribution is -2.08. The number of hydrogen-bond acceptors (Lipinski definition) is 9. The number of halogens is 1. The van der Waals surface area contributed by atoms with Gasteiger partial charge in [-0.2, -0.15) is 4.98 Å². The first-order chi connectivity index (χ1) is 14.0. The molecule has 0 aliphatic heterocycles. The van der Waals surface area contributed by atoms with E-state index < -0.39 is 5.97 Å². The molecule has 1 aromatic heterocycles. The van der Waals surface area contributed by atoms with Crippen molar-refractivity contribution in [2.75, 3.05) is 27.1 Å². The quantitative estimate of drug-likeness (QED) is 0.454. The molecule has 152 valence electrons. The second-order valence-electron chi connectivity index (χ2n) is 5.73. The number of methoxy groups -OCH3 is 3. The van der Waals surface area contributed by atoms with Crippen molar-refractivity contribution in [3.63, 3.8) is 0 Å². The van der Waals surface area contributed by atoms with E-state index in [0.717, 1.165) is 0 Å². The molecule has 3 rings (SSSR count). The van der Waals surface area contributed by atoms with E-state index in [-0.39, 0.29) is 40.3 Å². The highest BCUT2D eigenvalue weighted by atomic mass is 35.5. The Morgan fingerprint density at radius 2 is 1.86 bits per heavy atom. The fourth-order valence-corrected chi connectivity index (χ4v) is 2.67. The number of esters is 1. The number of nitrogens with two attached hydrogens (primary N) is 1. The molecular formula is C19H18ClN3O6. The molecule has 0 bridgehead atoms. The lowest BCUT2D eigenvalue weighted by Gasteiger charge is -2.09. The molecule has 2 N–H and O–H groups in total. The van der Waals surface area contributed by atoms with Crippen LogP contribution in [0.5, 0.6) is 17.2 Å². The van der Waals surface area contributed by atoms with Crippen LogP contribution in [0.15, 0.2) is 34.9 Å². The highest BCUT2D eigenvalue weighted by Crippen LogP contribution is 2.32. The standard InChI is InChI=1S/C19H18ClN3O6/c1-25-10-4-5-11(15(6-10)26-2)18-22-17(29-23-18)9-28-19(24)12-7-13(20)14(21)8-16(12)27-3/h4-8H,9,21H2,1-3H3. The fourth-order valence-electron chi connectivity index (χ4n) is 2.51. The Kier molecular flexibility index (Phi) is 6.08. The van der Waals surface area contributed by atoms with Gasteiger partial charge < -0.3 is 29.2 Å². The van der Waals surface area contributed by atoms with Crippen LogP contribution in [-0.4, -0.2) is 37.4 Å². The largest absolute Gasteiger partial charge is 0.497 e. The van der Waals surface area contributed by atoms with Gasteiger partial charge in [-0.25, -0.2) is 4.79 Å². The summed E-state index contributed by atoms with van der Waals surface area (Å²) in [7, 11) is 4.48. The van der Waals surface area contributed by atoms with Crippen molar-refractivity contribution in [2.24, 2.45) is 0 Å². The van der Waals surface area contributed by atoms with Gasteiger partial charge in [-0.3, -0.25) is 0 Å². The second-order valence-corrected chi connectivity index (χ2v) is 6.14. The van der Waals surface area contributed by atoms with Crippen LogP contribution in [0.1, 0.15) is 16.2 Å². The number of carbonyl (C=O) groups is 1. The van der Waals surface area contributed by atoms with E-state index in [4.69, 9.17) is 40.8 Å². The summed E-state index contributed by atoms with van der Waals surface area (Å²) >= 11 is 5.98. The van der Waals surface area contributed by atoms with Crippen LogP contribution in [0, 0.1) is 0 Å². The minimum absolute atomic E-state index is 0.103. The van der Waals surface area contributed by atoms with Gasteiger partial charge in [-0.15, -0.1) is 0 Å². The minimum Gasteiger partial charge on any atom is -0.497 e. The number of hydrogen-bond donors (Lipinski definition) is 1. The maximum absolute atomic E-state index is 12.4. The van der Waals surface area contributed by atoms with Gasteiger partial charge in [0.05, 0.1) is 37.6 Å². The third-order valence-corrected chi connectivity index (χ3v) is 4.31. The Balaban J connectivity index is 1.75. The molecule has 9 nitrogen and oxygen atoms in total. The number of nitrogen functional groups attached to an aromatic ring is 1. The molecule has 10 heteroatoms. The minimum atomic E-state index is -0.675. The lowest BCUT2D eigenvalue weighted by atomic mass is 10.2. The number of anilines is 1. The number of benzene rings is 2. The molecule has 0 spiro atoms. The van der Waals surface area contributed by atoms with Gasteiger partial charge in [0.1, 0.15) is 22.8 Å². The monoisotopic (exact) mass is 419 g/mol. The topological polar surface area (TPSA) is 119 Å². The van der Waals surface area contributed by atoms with E-state index in [1.54, 1.807) is 25.3 Å². The van der Waals surface area contributed by atoms with Crippen molar-refractivity contribution in [1.82, 2.24) is 10.1 Å². The molecule has 0 radical (unpaired) electrons. The summed E-state index contributed by atoms with van der Waals surface area (Å²) in [6, 6.07) is 7.99. The van der Waals surface area contributed by atoms with Crippen molar-refractivity contribution in [3.8, 4) is 28.6 Å². The van der Waals surface area contributed by atoms with Crippen LogP contribution in [0.25, 0.3) is 11.4 Å². The first kappa shape index (κ1) is 20.3. The van der Waals surface area contributed by atoms with Crippen LogP contribution in [0.2, 0.25) is 5.02 Å². The molecule has 2 aromatic carbocycles. The van der Waals surface area contributed by atoms with Gasteiger partial charge in [0.25, 0.3) is 5.89 Å². The number of carbonyl (C=O) groups excluding carboxylic acids is 1. The van der Waals surface area contributed by atoms with Gasteiger partial charge in [-0.05, 0) is 18.2 Å². The summed E-state index contributed by atoms with van der Waals surface area (Å²) in [5, 5.41) is 4.11. The van der Waals surface area contributed by atoms with E-state index in [1.165, 1.54) is 26.4 Å². The summed E-state index contributed by atoms with van der Waals surface area (Å²) in [4.78, 5) is 16.6. The number of rotatable bonds is 7. The summed E-state index contributed by atoms with van der Waals surface area (Å²) in [6.45, 7) is -0.241. The second kappa shape index (κ2) is 8.70. The molecule has 0 amide bonds. The van der Waals surface area contributed by atoms with Crippen LogP contribution < -0.4 is 19.9 Å². The normalized spacial score (nSPS) is 10.5. The number of ether oxygens (including phenoxy) is 4. The van der Waals surface area contributed by atoms with Gasteiger partial charge in [0.2, 0.25) is 5.82 Å². The summed E-state index contributed by atoms with van der Waals surface area (Å²) in [5.74, 6) is 1.08. The first-order valence-electron chi connectivity index (χ1n) is 8.32. The average Bonchev–Trinajstić information content (AvgIpc) is 3.21. The Hall–Kier alpha value is -3.46. The highest BCUT2D eigenvalue weighted by molar-refractivity contribution is 6.33. The van der Waals surface area contributed by atoms with Crippen molar-refractivity contribution in [2.45, 2.75) is 6.61 Å². The number of aromatic nitrogens is 2. The molecule has 0 atom stereocenters. The van der Waals surface area contributed by atoms with Gasteiger partial charge >= 0.3 is 5.97 Å². The van der Waals surface area contributed by atoms with Crippen LogP contribution in [0.3, 0.4) is 0 Å². The Morgan fingerprint density at radius 1 is 1.10 bits per heavy atom. The van der Waals surface area contributed by atoms with Crippen molar-refractivity contribution in [3.05, 3.63) is 46.8 Å². The van der Waals surface area contributed by atoms with Gasteiger partial charge in [0, 0.05) is 12.1 Å². The summed E-state index contributed by atoms with van der Waals surface area (Å²) < 4.78 is 26.0. The first-order valence-corrected chi connectivity index (χ1v) is 8.69. The van der Waals surface area contributed by atoms with Gasteiger partial charge in [0.15, 0.2) is 6.61 Å². The molecule has 0 saturated heterocycles. The highest BCUT2D eigenvalue weighted by Gasteiger charge is 2.19. The zero-order valence-corrected chi connectivity index (χ0v) is 16.6. The molecule has 0 aliphatic carbocycles. The molecule has 1 heterocycles. The predicted octanol–water partition coefficient (Wildman–Crippen LogP) is 3.36.